The number of nitrogens with zero attached hydrogens (tertiary/aromatic N) is 2. The van der Waals surface area contributed by atoms with Crippen molar-refractivity contribution in [1.82, 2.24) is 19.8 Å². The molecule has 3 aliphatic heterocycles. The number of rotatable bonds is 7. The fraction of sp³-hybridized carbons (Fsp3) is 0.725. The smallest absolute Gasteiger partial charge is 0.410 e. The monoisotopic (exact) mass is 770 g/mol. The summed E-state index contributed by atoms with van der Waals surface area (Å²) in [4.78, 5) is 73.1. The Morgan fingerprint density at radius 2 is 1.76 bits per heavy atom. The Morgan fingerprint density at radius 1 is 1.06 bits per heavy atom. The number of benzene rings is 1. The first-order valence-corrected chi connectivity index (χ1v) is 21.2. The van der Waals surface area contributed by atoms with Crippen LogP contribution in [0.4, 0.5) is 9.59 Å². The van der Waals surface area contributed by atoms with E-state index in [9.17, 15) is 32.4 Å². The first-order valence-electron chi connectivity index (χ1n) is 19.6. The zero-order valence-electron chi connectivity index (χ0n) is 32.9. The van der Waals surface area contributed by atoms with Crippen molar-refractivity contribution in [3.05, 3.63) is 34.9 Å². The van der Waals surface area contributed by atoms with Crippen LogP contribution in [-0.4, -0.2) is 84.6 Å². The van der Waals surface area contributed by atoms with Gasteiger partial charge in [0.25, 0.3) is 0 Å². The van der Waals surface area contributed by atoms with Crippen LogP contribution in [0.5, 0.6) is 0 Å². The number of cyclic esters (lactones) is 1. The van der Waals surface area contributed by atoms with Gasteiger partial charge in [-0.15, -0.1) is 0 Å². The molecule has 3 heterocycles. The molecule has 13 nitrogen and oxygen atoms in total. The van der Waals surface area contributed by atoms with Gasteiger partial charge in [-0.3, -0.25) is 24.0 Å². The lowest BCUT2D eigenvalue weighted by molar-refractivity contribution is -0.143. The van der Waals surface area contributed by atoms with E-state index in [4.69, 9.17) is 9.47 Å². The minimum absolute atomic E-state index is 0.100. The zero-order valence-corrected chi connectivity index (χ0v) is 33.7. The Bertz CT molecular complexity index is 1780. The second-order valence-corrected chi connectivity index (χ2v) is 20.3. The predicted molar refractivity (Wildman–Crippen MR) is 200 cm³/mol. The van der Waals surface area contributed by atoms with Crippen molar-refractivity contribution < 1.29 is 41.9 Å². The second-order valence-electron chi connectivity index (χ2n) is 18.3. The highest BCUT2D eigenvalue weighted by atomic mass is 32.2. The van der Waals surface area contributed by atoms with Crippen molar-refractivity contribution in [1.29, 1.82) is 0 Å². The Morgan fingerprint density at radius 3 is 2.41 bits per heavy atom. The van der Waals surface area contributed by atoms with Crippen molar-refractivity contribution in [2.75, 3.05) is 13.2 Å². The van der Waals surface area contributed by atoms with E-state index in [1.165, 1.54) is 10.5 Å². The van der Waals surface area contributed by atoms with Gasteiger partial charge in [-0.05, 0) is 72.0 Å². The summed E-state index contributed by atoms with van der Waals surface area (Å²) in [5.41, 5.74) is 1.01. The zero-order chi connectivity index (χ0) is 39.4. The van der Waals surface area contributed by atoms with Gasteiger partial charge in [0.15, 0.2) is 5.78 Å². The lowest BCUT2D eigenvalue weighted by Gasteiger charge is -2.36. The molecule has 5 aliphatic rings. The molecule has 6 rings (SSSR count). The predicted octanol–water partition coefficient (Wildman–Crippen LogP) is 5.23. The van der Waals surface area contributed by atoms with E-state index in [1.54, 1.807) is 32.6 Å². The lowest BCUT2D eigenvalue weighted by Crippen LogP contribution is -2.57. The van der Waals surface area contributed by atoms with E-state index in [-0.39, 0.29) is 30.9 Å². The number of fused-ring (bicyclic) bond motifs is 3. The minimum atomic E-state index is -3.85. The normalized spacial score (nSPS) is 30.6. The van der Waals surface area contributed by atoms with Crippen LogP contribution in [0.1, 0.15) is 117 Å². The number of carbonyl (C=O) groups excluding carboxylic acids is 5. The Kier molecular flexibility index (Phi) is 10.9. The van der Waals surface area contributed by atoms with E-state index in [2.05, 4.69) is 16.1 Å². The van der Waals surface area contributed by atoms with Gasteiger partial charge in [0, 0.05) is 25.4 Å². The molecular weight excluding hydrogens is 713 g/mol. The molecule has 1 aromatic rings. The van der Waals surface area contributed by atoms with Crippen LogP contribution in [0.3, 0.4) is 0 Å². The number of carbonyl (C=O) groups is 5. The lowest BCUT2D eigenvalue weighted by atomic mass is 9.84. The SMILES string of the molecule is CC[C@@H]1C[C@]1(CC(=O)[C@@H]1[C@H](C)[C@@H]2CN1C(=O)[C@H](C(C)(C)C)NC(=O)OCC(C)(C)CCCCc1cccc3c1CN(C3)C(=O)O2)C(=O)NS(=O)(=O)C1CC1. The fourth-order valence-corrected chi connectivity index (χ4v) is 10.1. The topological polar surface area (TPSA) is 168 Å². The molecule has 0 unspecified atom stereocenters. The van der Waals surface area contributed by atoms with Crippen LogP contribution in [0.25, 0.3) is 0 Å². The largest absolute Gasteiger partial charge is 0.449 e. The molecule has 14 heteroatoms. The maximum absolute atomic E-state index is 14.7. The van der Waals surface area contributed by atoms with E-state index in [1.807, 2.05) is 32.9 Å². The number of alkyl carbamates (subject to hydrolysis) is 1. The van der Waals surface area contributed by atoms with Gasteiger partial charge < -0.3 is 19.7 Å². The first kappa shape index (κ1) is 40.0. The summed E-state index contributed by atoms with van der Waals surface area (Å²) >= 11 is 0. The number of nitrogens with one attached hydrogen (secondary N) is 2. The third-order valence-electron chi connectivity index (χ3n) is 12.4. The standard InChI is InChI=1S/C40H58N4O9S/c1-8-27-18-40(27,35(47)42-54(50,51)28-15-16-28)19-30(45)32-24(2)31-22-44(32)34(46)33(38(3,4)5)41-36(48)52-23-39(6,7)17-10-9-12-25-13-11-14-26-20-43(21-29(25)26)37(49)53-31/h11,13-14,24,27-28,31-33H,8-10,12,15-23H2,1-7H3,(H,41,48)(H,42,47)/t24-,27-,31+,32+,33-,40-/m1/s1. The van der Waals surface area contributed by atoms with Gasteiger partial charge in [-0.25, -0.2) is 18.0 Å². The molecule has 2 saturated carbocycles. The number of ether oxygens (including phenoxy) is 2. The molecule has 0 radical (unpaired) electrons. The van der Waals surface area contributed by atoms with Gasteiger partial charge in [-0.1, -0.05) is 79.5 Å². The Labute approximate surface area is 319 Å². The summed E-state index contributed by atoms with van der Waals surface area (Å²) in [6.07, 6.45) is 2.98. The van der Waals surface area contributed by atoms with E-state index in [0.29, 0.717) is 38.8 Å². The maximum Gasteiger partial charge on any atom is 0.410 e. The molecule has 4 bridgehead atoms. The summed E-state index contributed by atoms with van der Waals surface area (Å²) < 4.78 is 39.7. The fourth-order valence-electron chi connectivity index (χ4n) is 8.68. The molecule has 0 aromatic heterocycles. The number of ketones is 1. The van der Waals surface area contributed by atoms with Crippen LogP contribution in [0.15, 0.2) is 18.2 Å². The summed E-state index contributed by atoms with van der Waals surface area (Å²) in [6, 6.07) is 3.93. The van der Waals surface area contributed by atoms with Gasteiger partial charge in [0.1, 0.15) is 12.1 Å². The molecule has 2 aliphatic carbocycles. The van der Waals surface area contributed by atoms with Crippen LogP contribution < -0.4 is 10.0 Å². The highest BCUT2D eigenvalue weighted by Gasteiger charge is 2.62. The van der Waals surface area contributed by atoms with Crippen molar-refractivity contribution >= 4 is 39.8 Å². The van der Waals surface area contributed by atoms with Gasteiger partial charge in [0.05, 0.1) is 29.9 Å². The number of aryl methyl sites for hydroxylation is 1. The van der Waals surface area contributed by atoms with Gasteiger partial charge in [-0.2, -0.15) is 0 Å². The Balaban J connectivity index is 1.31. The first-order chi connectivity index (χ1) is 25.3. The molecular formula is C40H58N4O9S. The molecule has 0 spiro atoms. The molecule has 4 amide bonds. The average molecular weight is 771 g/mol. The molecule has 54 heavy (non-hydrogen) atoms. The van der Waals surface area contributed by atoms with Crippen molar-refractivity contribution in [2.24, 2.45) is 28.1 Å². The third kappa shape index (κ3) is 8.28. The number of hydrogen-bond donors (Lipinski definition) is 2. The Hall–Kier alpha value is -3.68. The quantitative estimate of drug-likeness (QED) is 0.377. The number of sulfonamides is 1. The summed E-state index contributed by atoms with van der Waals surface area (Å²) in [6.45, 7) is 14.0. The van der Waals surface area contributed by atoms with Crippen LogP contribution in [0.2, 0.25) is 0 Å². The molecule has 3 fully saturated rings. The summed E-state index contributed by atoms with van der Waals surface area (Å²) in [5.74, 6) is -2.50. The molecule has 298 valence electrons. The maximum atomic E-state index is 14.7. The minimum Gasteiger partial charge on any atom is -0.449 e. The second kappa shape index (κ2) is 14.8. The molecule has 2 N–H and O–H groups in total. The van der Waals surface area contributed by atoms with E-state index >= 15 is 0 Å². The van der Waals surface area contributed by atoms with Crippen molar-refractivity contribution in [3.8, 4) is 0 Å². The summed E-state index contributed by atoms with van der Waals surface area (Å²) in [7, 11) is -3.85. The van der Waals surface area contributed by atoms with Gasteiger partial charge >= 0.3 is 12.2 Å². The van der Waals surface area contributed by atoms with Crippen LogP contribution in [-0.2, 0) is 53.4 Å². The van der Waals surface area contributed by atoms with Crippen molar-refractivity contribution in [3.63, 3.8) is 0 Å². The van der Waals surface area contributed by atoms with Crippen LogP contribution in [0, 0.1) is 28.1 Å². The number of hydrogen-bond acceptors (Lipinski definition) is 9. The third-order valence-corrected chi connectivity index (χ3v) is 14.2. The molecule has 1 aromatic carbocycles. The average Bonchev–Trinajstić information content (AvgIpc) is 4.00. The van der Waals surface area contributed by atoms with Gasteiger partial charge in [0.2, 0.25) is 21.8 Å². The van der Waals surface area contributed by atoms with E-state index in [0.717, 1.165) is 36.8 Å². The highest BCUT2D eigenvalue weighted by Crippen LogP contribution is 2.58. The van der Waals surface area contributed by atoms with Crippen molar-refractivity contribution in [2.45, 2.75) is 143 Å². The number of amides is 4. The van der Waals surface area contributed by atoms with Crippen LogP contribution >= 0.6 is 0 Å². The molecule has 6 atom stereocenters. The summed E-state index contributed by atoms with van der Waals surface area (Å²) in [5, 5.41) is 2.18. The van der Waals surface area contributed by atoms with E-state index < -0.39 is 80.0 Å². The molecule has 1 saturated heterocycles. The number of Topliss-reactive ketones (excluding diaryl/α,β-unsaturated/α-hetero) is 1. The highest BCUT2D eigenvalue weighted by molar-refractivity contribution is 7.90.